The highest BCUT2D eigenvalue weighted by Gasteiger charge is 2.27. The summed E-state index contributed by atoms with van der Waals surface area (Å²) in [5, 5.41) is 0.907. The molecular weight excluding hydrogens is 420 g/mol. The van der Waals surface area contributed by atoms with Gasteiger partial charge in [-0.25, -0.2) is 0 Å². The average Bonchev–Trinajstić information content (AvgIpc) is 3.01. The van der Waals surface area contributed by atoms with Crippen molar-refractivity contribution < 1.29 is 26.7 Å². The fourth-order valence-electron chi connectivity index (χ4n) is 3.96. The summed E-state index contributed by atoms with van der Waals surface area (Å²) in [6, 6.07) is 12.7. The average molecular weight is 442 g/mol. The minimum atomic E-state index is -4.72. The summed E-state index contributed by atoms with van der Waals surface area (Å²) in [7, 11) is -4.72. The number of carbonyl (C=O) groups is 1. The third-order valence-corrected chi connectivity index (χ3v) is 5.50. The van der Waals surface area contributed by atoms with Crippen LogP contribution in [0.25, 0.3) is 10.9 Å². The van der Waals surface area contributed by atoms with Gasteiger partial charge in [0.2, 0.25) is 0 Å². The third-order valence-electron chi connectivity index (χ3n) is 5.11. The first-order valence-electron chi connectivity index (χ1n) is 9.88. The number of fused-ring (bicyclic) bond motifs is 3. The van der Waals surface area contributed by atoms with Gasteiger partial charge in [-0.1, -0.05) is 24.3 Å². The standard InChI is InChI=1S/C22H22N2O6S/c1-3-29-21(25)13-17-15-6-4-5-7-18(15)24-19(17)10-11-23-22(24)16-9-8-14(2)12-20(16)30-31(26,27)28/h4-9,12H,3,10-11,13H2,1-2H3,(H,26,27,28). The zero-order chi connectivity index (χ0) is 22.2. The van der Waals surface area contributed by atoms with Crippen LogP contribution in [0.5, 0.6) is 5.75 Å². The van der Waals surface area contributed by atoms with Gasteiger partial charge in [-0.2, -0.15) is 8.42 Å². The molecule has 0 atom stereocenters. The molecule has 0 unspecified atom stereocenters. The molecule has 0 saturated heterocycles. The quantitative estimate of drug-likeness (QED) is 0.464. The zero-order valence-corrected chi connectivity index (χ0v) is 18.0. The number of esters is 1. The van der Waals surface area contributed by atoms with Crippen LogP contribution in [0.4, 0.5) is 0 Å². The molecule has 1 N–H and O–H groups in total. The number of hydrogen-bond donors (Lipinski definition) is 1. The molecule has 3 aromatic rings. The highest BCUT2D eigenvalue weighted by atomic mass is 32.3. The number of carbonyl (C=O) groups excluding carboxylic acids is 1. The number of aryl methyl sites for hydroxylation is 1. The van der Waals surface area contributed by atoms with E-state index >= 15 is 0 Å². The summed E-state index contributed by atoms with van der Waals surface area (Å²) in [5.74, 6) is 0.168. The second-order valence-electron chi connectivity index (χ2n) is 7.23. The Hall–Kier alpha value is -3.17. The maximum absolute atomic E-state index is 12.3. The van der Waals surface area contributed by atoms with Crippen LogP contribution in [-0.4, -0.2) is 42.5 Å². The molecule has 0 aliphatic carbocycles. The Kier molecular flexibility index (Phi) is 5.55. The molecular formula is C22H22N2O6S. The Morgan fingerprint density at radius 3 is 2.74 bits per heavy atom. The summed E-state index contributed by atoms with van der Waals surface area (Å²) in [5.41, 5.74) is 3.81. The molecule has 0 saturated carbocycles. The molecule has 9 heteroatoms. The molecule has 0 bridgehead atoms. The van der Waals surface area contributed by atoms with Crippen LogP contribution >= 0.6 is 0 Å². The maximum Gasteiger partial charge on any atom is 0.446 e. The van der Waals surface area contributed by atoms with E-state index in [9.17, 15) is 17.8 Å². The number of rotatable bonds is 6. The monoisotopic (exact) mass is 442 g/mol. The van der Waals surface area contributed by atoms with E-state index in [4.69, 9.17) is 8.92 Å². The number of hydrogen-bond acceptors (Lipinski definition) is 6. The molecule has 2 heterocycles. The van der Waals surface area contributed by atoms with Crippen molar-refractivity contribution in [1.29, 1.82) is 0 Å². The van der Waals surface area contributed by atoms with Crippen molar-refractivity contribution in [2.24, 2.45) is 4.99 Å². The van der Waals surface area contributed by atoms with Gasteiger partial charge < -0.3 is 8.92 Å². The van der Waals surface area contributed by atoms with E-state index in [0.29, 0.717) is 31.0 Å². The van der Waals surface area contributed by atoms with Gasteiger partial charge in [0, 0.05) is 24.0 Å². The lowest BCUT2D eigenvalue weighted by atomic mass is 10.0. The molecule has 8 nitrogen and oxygen atoms in total. The Bertz CT molecular complexity index is 1310. The van der Waals surface area contributed by atoms with Crippen LogP contribution in [0, 0.1) is 6.92 Å². The Balaban J connectivity index is 1.91. The third kappa shape index (κ3) is 4.19. The van der Waals surface area contributed by atoms with Gasteiger partial charge in [0.05, 0.1) is 24.1 Å². The Morgan fingerprint density at radius 1 is 1.23 bits per heavy atom. The van der Waals surface area contributed by atoms with E-state index < -0.39 is 10.4 Å². The van der Waals surface area contributed by atoms with Crippen molar-refractivity contribution in [3.8, 4) is 5.75 Å². The van der Waals surface area contributed by atoms with Crippen LogP contribution in [0.15, 0.2) is 47.5 Å². The summed E-state index contributed by atoms with van der Waals surface area (Å²) in [6.45, 7) is 4.32. The highest BCUT2D eigenvalue weighted by Crippen LogP contribution is 2.33. The lowest BCUT2D eigenvalue weighted by Crippen LogP contribution is -2.24. The van der Waals surface area contributed by atoms with Crippen LogP contribution in [0.3, 0.4) is 0 Å². The SMILES string of the molecule is CCOC(=O)Cc1c2n(c3ccccc13)C(c1ccc(C)cc1OS(=O)(=O)O)=NCC2. The number of aromatic nitrogens is 1. The summed E-state index contributed by atoms with van der Waals surface area (Å²) < 4.78 is 44.1. The fourth-order valence-corrected chi connectivity index (χ4v) is 4.32. The molecule has 2 aromatic carbocycles. The van der Waals surface area contributed by atoms with E-state index in [1.807, 2.05) is 34.9 Å². The van der Waals surface area contributed by atoms with Gasteiger partial charge in [-0.05, 0) is 43.2 Å². The lowest BCUT2D eigenvalue weighted by molar-refractivity contribution is -0.142. The maximum atomic E-state index is 12.3. The van der Waals surface area contributed by atoms with Gasteiger partial charge in [0.1, 0.15) is 5.84 Å². The lowest BCUT2D eigenvalue weighted by Gasteiger charge is -2.21. The van der Waals surface area contributed by atoms with Gasteiger partial charge in [0.25, 0.3) is 0 Å². The largest absolute Gasteiger partial charge is 0.466 e. The van der Waals surface area contributed by atoms with Gasteiger partial charge in [-0.15, -0.1) is 0 Å². The summed E-state index contributed by atoms with van der Waals surface area (Å²) in [6.07, 6.45) is 0.750. The number of aliphatic imine (C=N–C) groups is 1. The normalized spacial score (nSPS) is 13.6. The molecule has 4 rings (SSSR count). The van der Waals surface area contributed by atoms with Crippen molar-refractivity contribution >= 4 is 33.1 Å². The number of para-hydroxylation sites is 1. The molecule has 1 aliphatic heterocycles. The molecule has 31 heavy (non-hydrogen) atoms. The minimum absolute atomic E-state index is 0.0150. The molecule has 1 aromatic heterocycles. The van der Waals surface area contributed by atoms with Gasteiger partial charge >= 0.3 is 16.4 Å². The molecule has 1 aliphatic rings. The molecule has 0 spiro atoms. The molecule has 0 radical (unpaired) electrons. The number of nitrogens with zero attached hydrogens (tertiary/aromatic N) is 2. The number of benzene rings is 2. The van der Waals surface area contributed by atoms with Crippen LogP contribution < -0.4 is 4.18 Å². The van der Waals surface area contributed by atoms with Crippen LogP contribution in [-0.2, 0) is 32.8 Å². The minimum Gasteiger partial charge on any atom is -0.466 e. The second kappa shape index (κ2) is 8.16. The van der Waals surface area contributed by atoms with Gasteiger partial charge in [0.15, 0.2) is 5.75 Å². The van der Waals surface area contributed by atoms with E-state index in [1.165, 1.54) is 6.07 Å². The van der Waals surface area contributed by atoms with E-state index in [0.717, 1.165) is 27.7 Å². The fraction of sp³-hybridized carbons (Fsp3) is 0.273. The smallest absolute Gasteiger partial charge is 0.446 e. The van der Waals surface area contributed by atoms with E-state index in [1.54, 1.807) is 19.9 Å². The molecule has 0 amide bonds. The van der Waals surface area contributed by atoms with Crippen molar-refractivity contribution in [2.75, 3.05) is 13.2 Å². The van der Waals surface area contributed by atoms with E-state index in [2.05, 4.69) is 4.99 Å². The Morgan fingerprint density at radius 2 is 2.00 bits per heavy atom. The van der Waals surface area contributed by atoms with Crippen molar-refractivity contribution in [2.45, 2.75) is 26.7 Å². The second-order valence-corrected chi connectivity index (χ2v) is 8.25. The first-order chi connectivity index (χ1) is 14.8. The van der Waals surface area contributed by atoms with Crippen molar-refractivity contribution in [1.82, 2.24) is 4.57 Å². The predicted octanol–water partition coefficient (Wildman–Crippen LogP) is 3.09. The van der Waals surface area contributed by atoms with Crippen LogP contribution in [0.2, 0.25) is 0 Å². The van der Waals surface area contributed by atoms with Crippen molar-refractivity contribution in [3.05, 3.63) is 64.8 Å². The first-order valence-corrected chi connectivity index (χ1v) is 11.2. The zero-order valence-electron chi connectivity index (χ0n) is 17.2. The first kappa shape index (κ1) is 21.1. The van der Waals surface area contributed by atoms with E-state index in [-0.39, 0.29) is 18.1 Å². The molecule has 162 valence electrons. The predicted molar refractivity (Wildman–Crippen MR) is 116 cm³/mol. The summed E-state index contributed by atoms with van der Waals surface area (Å²) >= 11 is 0. The highest BCUT2D eigenvalue weighted by molar-refractivity contribution is 7.81. The van der Waals surface area contributed by atoms with Crippen molar-refractivity contribution in [3.63, 3.8) is 0 Å². The van der Waals surface area contributed by atoms with Gasteiger partial charge in [-0.3, -0.25) is 18.9 Å². The molecule has 0 fully saturated rings. The number of ether oxygens (including phenoxy) is 1. The topological polar surface area (TPSA) is 107 Å². The summed E-state index contributed by atoms with van der Waals surface area (Å²) in [4.78, 5) is 16.9. The Labute approximate surface area is 180 Å². The van der Waals surface area contributed by atoms with Crippen LogP contribution in [0.1, 0.15) is 29.3 Å².